The number of benzene rings is 1. The SMILES string of the molecule is C[NH+](C)CCCNC(=S)N(CCO)Cc1cc2cc3c(cc2[nH]c1=O)OCO3. The maximum atomic E-state index is 12.5. The maximum Gasteiger partial charge on any atom is 0.253 e. The van der Waals surface area contributed by atoms with Gasteiger partial charge in [-0.1, -0.05) is 0 Å². The van der Waals surface area contributed by atoms with E-state index in [9.17, 15) is 9.90 Å². The molecule has 0 amide bonds. The van der Waals surface area contributed by atoms with Crippen molar-refractivity contribution in [3.05, 3.63) is 34.1 Å². The summed E-state index contributed by atoms with van der Waals surface area (Å²) < 4.78 is 10.8. The standard InChI is InChI=1S/C19H26N4O4S/c1-22(2)5-3-4-20-19(28)23(6-7-24)11-14-8-13-9-16-17(27-12-26-16)10-15(13)21-18(14)25/h8-10,24H,3-7,11-12H2,1-2H3,(H,20,28)(H,21,25)/p+1. The summed E-state index contributed by atoms with van der Waals surface area (Å²) >= 11 is 5.47. The third-order valence-electron chi connectivity index (χ3n) is 4.56. The first-order valence-corrected chi connectivity index (χ1v) is 9.77. The molecule has 28 heavy (non-hydrogen) atoms. The van der Waals surface area contributed by atoms with E-state index in [1.807, 2.05) is 12.1 Å². The lowest BCUT2D eigenvalue weighted by molar-refractivity contribution is -0.858. The Morgan fingerprint density at radius 2 is 2.07 bits per heavy atom. The number of hydrogen-bond donors (Lipinski definition) is 4. The Balaban J connectivity index is 1.74. The van der Waals surface area contributed by atoms with Gasteiger partial charge >= 0.3 is 0 Å². The van der Waals surface area contributed by atoms with E-state index in [1.54, 1.807) is 11.0 Å². The highest BCUT2D eigenvalue weighted by Crippen LogP contribution is 2.35. The van der Waals surface area contributed by atoms with Gasteiger partial charge in [0.15, 0.2) is 16.6 Å². The van der Waals surface area contributed by atoms with Gasteiger partial charge in [-0.15, -0.1) is 0 Å². The Bertz CT molecular complexity index is 899. The van der Waals surface area contributed by atoms with Crippen molar-refractivity contribution in [1.29, 1.82) is 0 Å². The van der Waals surface area contributed by atoms with Crippen LogP contribution in [-0.4, -0.2) is 67.2 Å². The molecule has 0 radical (unpaired) electrons. The first kappa shape index (κ1) is 20.4. The van der Waals surface area contributed by atoms with Crippen LogP contribution in [0.3, 0.4) is 0 Å². The van der Waals surface area contributed by atoms with Crippen molar-refractivity contribution in [2.75, 3.05) is 47.1 Å². The second-order valence-corrected chi connectivity index (χ2v) is 7.49. The summed E-state index contributed by atoms with van der Waals surface area (Å²) in [6, 6.07) is 5.46. The normalized spacial score (nSPS) is 12.6. The molecule has 0 atom stereocenters. The molecule has 4 N–H and O–H groups in total. The number of ether oxygens (including phenoxy) is 2. The first-order chi connectivity index (χ1) is 13.5. The molecule has 1 aromatic carbocycles. The molecular weight excluding hydrogens is 380 g/mol. The van der Waals surface area contributed by atoms with Crippen molar-refractivity contribution >= 4 is 28.2 Å². The molecule has 0 saturated carbocycles. The van der Waals surface area contributed by atoms with Crippen molar-refractivity contribution in [2.45, 2.75) is 13.0 Å². The van der Waals surface area contributed by atoms with E-state index < -0.39 is 0 Å². The number of aromatic nitrogens is 1. The number of rotatable bonds is 8. The monoisotopic (exact) mass is 407 g/mol. The molecule has 1 aliphatic heterocycles. The lowest BCUT2D eigenvalue weighted by atomic mass is 10.1. The van der Waals surface area contributed by atoms with Crippen LogP contribution >= 0.6 is 12.2 Å². The highest BCUT2D eigenvalue weighted by atomic mass is 32.1. The van der Waals surface area contributed by atoms with Crippen molar-refractivity contribution in [2.24, 2.45) is 0 Å². The van der Waals surface area contributed by atoms with Gasteiger partial charge in [0.25, 0.3) is 5.56 Å². The number of aliphatic hydroxyl groups excluding tert-OH is 1. The molecule has 8 nitrogen and oxygen atoms in total. The Hall–Kier alpha value is -2.36. The number of aliphatic hydroxyl groups is 1. The van der Waals surface area contributed by atoms with Crippen LogP contribution in [0, 0.1) is 0 Å². The minimum absolute atomic E-state index is 0.0478. The second kappa shape index (κ2) is 9.22. The average Bonchev–Trinajstić information content (AvgIpc) is 3.10. The molecule has 0 bridgehead atoms. The number of fused-ring (bicyclic) bond motifs is 2. The van der Waals surface area contributed by atoms with Crippen LogP contribution in [0.2, 0.25) is 0 Å². The fourth-order valence-corrected chi connectivity index (χ4v) is 3.34. The molecule has 1 aliphatic rings. The highest BCUT2D eigenvalue weighted by molar-refractivity contribution is 7.80. The topological polar surface area (TPSA) is 91.3 Å². The number of aromatic amines is 1. The number of quaternary nitrogens is 1. The molecule has 2 aromatic rings. The van der Waals surface area contributed by atoms with Crippen molar-refractivity contribution < 1.29 is 19.5 Å². The van der Waals surface area contributed by atoms with Gasteiger partial charge in [0.2, 0.25) is 6.79 Å². The zero-order valence-electron chi connectivity index (χ0n) is 16.2. The largest absolute Gasteiger partial charge is 0.454 e. The van der Waals surface area contributed by atoms with Crippen molar-refractivity contribution in [1.82, 2.24) is 15.2 Å². The fourth-order valence-electron chi connectivity index (χ4n) is 3.09. The van der Waals surface area contributed by atoms with E-state index in [4.69, 9.17) is 21.7 Å². The summed E-state index contributed by atoms with van der Waals surface area (Å²) in [7, 11) is 4.21. The Morgan fingerprint density at radius 1 is 1.32 bits per heavy atom. The zero-order chi connectivity index (χ0) is 20.1. The van der Waals surface area contributed by atoms with E-state index >= 15 is 0 Å². The number of pyridine rings is 1. The zero-order valence-corrected chi connectivity index (χ0v) is 17.0. The van der Waals surface area contributed by atoms with Gasteiger partial charge in [-0.3, -0.25) is 4.79 Å². The number of H-pyrrole nitrogens is 1. The van der Waals surface area contributed by atoms with Crippen LogP contribution in [0.15, 0.2) is 23.0 Å². The Kier molecular flexibility index (Phi) is 6.71. The van der Waals surface area contributed by atoms with Gasteiger partial charge in [0.05, 0.1) is 39.3 Å². The van der Waals surface area contributed by atoms with Crippen molar-refractivity contribution in [3.63, 3.8) is 0 Å². The van der Waals surface area contributed by atoms with Gasteiger partial charge in [0.1, 0.15) is 0 Å². The van der Waals surface area contributed by atoms with Crippen molar-refractivity contribution in [3.8, 4) is 11.5 Å². The molecular formula is C19H27N4O4S+. The van der Waals surface area contributed by atoms with E-state index in [-0.39, 0.29) is 19.0 Å². The average molecular weight is 408 g/mol. The summed E-state index contributed by atoms with van der Waals surface area (Å²) in [5, 5.41) is 14.0. The van der Waals surface area contributed by atoms with Gasteiger partial charge < -0.3 is 34.7 Å². The minimum atomic E-state index is -0.187. The predicted molar refractivity (Wildman–Crippen MR) is 111 cm³/mol. The van der Waals surface area contributed by atoms with Gasteiger partial charge in [-0.05, 0) is 24.4 Å². The van der Waals surface area contributed by atoms with E-state index in [0.717, 1.165) is 24.9 Å². The van der Waals surface area contributed by atoms with Crippen LogP contribution in [0.5, 0.6) is 11.5 Å². The highest BCUT2D eigenvalue weighted by Gasteiger charge is 2.17. The number of hydrogen-bond acceptors (Lipinski definition) is 5. The molecule has 3 rings (SSSR count). The van der Waals surface area contributed by atoms with Crippen LogP contribution in [-0.2, 0) is 6.54 Å². The minimum Gasteiger partial charge on any atom is -0.454 e. The third-order valence-corrected chi connectivity index (χ3v) is 4.96. The molecule has 0 unspecified atom stereocenters. The quantitative estimate of drug-likeness (QED) is 0.345. The summed E-state index contributed by atoms with van der Waals surface area (Å²) in [6.45, 7) is 2.59. The van der Waals surface area contributed by atoms with Crippen LogP contribution in [0.1, 0.15) is 12.0 Å². The summed E-state index contributed by atoms with van der Waals surface area (Å²) in [5.41, 5.74) is 1.08. The summed E-state index contributed by atoms with van der Waals surface area (Å²) in [4.78, 5) is 18.6. The summed E-state index contributed by atoms with van der Waals surface area (Å²) in [5.74, 6) is 1.29. The molecule has 0 spiro atoms. The Morgan fingerprint density at radius 3 is 2.79 bits per heavy atom. The molecule has 9 heteroatoms. The number of nitrogens with zero attached hydrogens (tertiary/aromatic N) is 1. The van der Waals surface area contributed by atoms with Crippen LogP contribution in [0.4, 0.5) is 0 Å². The molecule has 0 saturated heterocycles. The van der Waals surface area contributed by atoms with Crippen LogP contribution < -0.4 is 25.2 Å². The van der Waals surface area contributed by atoms with E-state index in [0.29, 0.717) is 40.8 Å². The fraction of sp³-hybridized carbons (Fsp3) is 0.474. The van der Waals surface area contributed by atoms with Crippen LogP contribution in [0.25, 0.3) is 10.9 Å². The van der Waals surface area contributed by atoms with E-state index in [2.05, 4.69) is 24.4 Å². The third kappa shape index (κ3) is 4.92. The molecule has 152 valence electrons. The smallest absolute Gasteiger partial charge is 0.253 e. The van der Waals surface area contributed by atoms with E-state index in [1.165, 1.54) is 4.90 Å². The lowest BCUT2D eigenvalue weighted by Crippen LogP contribution is -3.05. The predicted octanol–water partition coefficient (Wildman–Crippen LogP) is -0.540. The van der Waals surface area contributed by atoms with Gasteiger partial charge in [-0.2, -0.15) is 0 Å². The summed E-state index contributed by atoms with van der Waals surface area (Å²) in [6.07, 6.45) is 0.985. The molecule has 0 fully saturated rings. The van der Waals surface area contributed by atoms with Gasteiger partial charge in [0, 0.05) is 36.5 Å². The van der Waals surface area contributed by atoms with Gasteiger partial charge in [-0.25, -0.2) is 0 Å². The molecule has 0 aliphatic carbocycles. The number of nitrogens with one attached hydrogen (secondary N) is 3. The Labute approximate surface area is 169 Å². The maximum absolute atomic E-state index is 12.5. The number of thiocarbonyl (C=S) groups is 1. The first-order valence-electron chi connectivity index (χ1n) is 9.36. The molecule has 1 aromatic heterocycles. The molecule has 2 heterocycles. The lowest BCUT2D eigenvalue weighted by Gasteiger charge is -2.25. The second-order valence-electron chi connectivity index (χ2n) is 7.10.